The molecule has 0 aliphatic carbocycles. The summed E-state index contributed by atoms with van der Waals surface area (Å²) < 4.78 is 22.6. The Bertz CT molecular complexity index is 539. The molecule has 1 aromatic carbocycles. The quantitative estimate of drug-likeness (QED) is 0.834. The molecule has 7 nitrogen and oxygen atoms in total. The second-order valence-electron chi connectivity index (χ2n) is 5.67. The molecule has 126 valence electrons. The Morgan fingerprint density at radius 2 is 2.04 bits per heavy atom. The van der Waals surface area contributed by atoms with Gasteiger partial charge in [0.1, 0.15) is 24.4 Å². The number of amides is 1. The molecule has 1 amide bonds. The van der Waals surface area contributed by atoms with E-state index in [9.17, 15) is 9.90 Å². The number of benzene rings is 1. The molecule has 2 saturated heterocycles. The summed E-state index contributed by atoms with van der Waals surface area (Å²) in [6.45, 7) is 1.65. The van der Waals surface area contributed by atoms with E-state index in [4.69, 9.17) is 18.9 Å². The number of nitrogens with one attached hydrogen (secondary N) is 1. The third kappa shape index (κ3) is 3.39. The van der Waals surface area contributed by atoms with Crippen molar-refractivity contribution in [3.8, 4) is 0 Å². The van der Waals surface area contributed by atoms with E-state index < -0.39 is 36.9 Å². The van der Waals surface area contributed by atoms with Crippen molar-refractivity contribution in [1.29, 1.82) is 0 Å². The van der Waals surface area contributed by atoms with Crippen LogP contribution in [0.3, 0.4) is 0 Å². The van der Waals surface area contributed by atoms with E-state index in [0.717, 1.165) is 5.56 Å². The van der Waals surface area contributed by atoms with Gasteiger partial charge in [-0.2, -0.15) is 0 Å². The SMILES string of the molecule is COC1OC2COC(c3ccccc3)O[C@@H]2C(O)[C@H]1NC(C)=O. The number of hydrogen-bond donors (Lipinski definition) is 2. The normalized spacial score (nSPS) is 37.0. The van der Waals surface area contributed by atoms with Gasteiger partial charge in [0.15, 0.2) is 12.6 Å². The Balaban J connectivity index is 1.76. The molecule has 1 aromatic rings. The molecule has 3 rings (SSSR count). The van der Waals surface area contributed by atoms with Crippen LogP contribution in [0.1, 0.15) is 18.8 Å². The zero-order chi connectivity index (χ0) is 16.4. The summed E-state index contributed by atoms with van der Waals surface area (Å²) in [7, 11) is 1.46. The first-order valence-electron chi connectivity index (χ1n) is 7.55. The fraction of sp³-hybridized carbons (Fsp3) is 0.562. The number of hydrogen-bond acceptors (Lipinski definition) is 6. The highest BCUT2D eigenvalue weighted by Gasteiger charge is 2.49. The minimum atomic E-state index is -0.960. The maximum Gasteiger partial charge on any atom is 0.217 e. The maximum atomic E-state index is 11.4. The molecule has 4 unspecified atom stereocenters. The molecule has 2 fully saturated rings. The lowest BCUT2D eigenvalue weighted by molar-refractivity contribution is -0.341. The van der Waals surface area contributed by atoms with Crippen molar-refractivity contribution in [3.05, 3.63) is 35.9 Å². The minimum absolute atomic E-state index is 0.272. The van der Waals surface area contributed by atoms with E-state index in [0.29, 0.717) is 0 Å². The minimum Gasteiger partial charge on any atom is -0.388 e. The second kappa shape index (κ2) is 6.94. The fourth-order valence-electron chi connectivity index (χ4n) is 2.96. The number of methoxy groups -OCH3 is 1. The Hall–Kier alpha value is -1.51. The number of carbonyl (C=O) groups excluding carboxylic acids is 1. The molecule has 2 aliphatic rings. The van der Waals surface area contributed by atoms with Crippen LogP contribution in [0, 0.1) is 0 Å². The van der Waals surface area contributed by atoms with Crippen molar-refractivity contribution in [2.45, 2.75) is 43.9 Å². The molecular weight excluding hydrogens is 302 g/mol. The third-order valence-electron chi connectivity index (χ3n) is 4.04. The first kappa shape index (κ1) is 16.4. The summed E-state index contributed by atoms with van der Waals surface area (Å²) >= 11 is 0. The number of aliphatic hydroxyl groups excluding tert-OH is 1. The molecule has 2 N–H and O–H groups in total. The maximum absolute atomic E-state index is 11.4. The lowest BCUT2D eigenvalue weighted by Crippen LogP contribution is -2.66. The number of carbonyl (C=O) groups is 1. The molecular formula is C16H21NO6. The second-order valence-corrected chi connectivity index (χ2v) is 5.67. The van der Waals surface area contributed by atoms with Gasteiger partial charge in [-0.25, -0.2) is 0 Å². The van der Waals surface area contributed by atoms with Gasteiger partial charge in [0.25, 0.3) is 0 Å². The predicted octanol–water partition coefficient (Wildman–Crippen LogP) is 0.337. The summed E-state index contributed by atoms with van der Waals surface area (Å²) in [6, 6.07) is 8.78. The molecule has 2 heterocycles. The molecule has 23 heavy (non-hydrogen) atoms. The van der Waals surface area contributed by atoms with E-state index in [1.807, 2.05) is 30.3 Å². The van der Waals surface area contributed by atoms with Crippen molar-refractivity contribution in [1.82, 2.24) is 5.32 Å². The number of aliphatic hydroxyl groups is 1. The lowest BCUT2D eigenvalue weighted by atomic mass is 9.95. The molecule has 2 aliphatic heterocycles. The first-order valence-corrected chi connectivity index (χ1v) is 7.55. The van der Waals surface area contributed by atoms with Crippen molar-refractivity contribution >= 4 is 5.91 Å². The number of rotatable bonds is 3. The highest BCUT2D eigenvalue weighted by Crippen LogP contribution is 2.34. The highest BCUT2D eigenvalue weighted by molar-refractivity contribution is 5.73. The van der Waals surface area contributed by atoms with Crippen LogP contribution < -0.4 is 5.32 Å². The summed E-state index contributed by atoms with van der Waals surface area (Å²) in [4.78, 5) is 11.4. The average Bonchev–Trinajstić information content (AvgIpc) is 2.57. The van der Waals surface area contributed by atoms with Crippen molar-refractivity contribution in [2.24, 2.45) is 0 Å². The van der Waals surface area contributed by atoms with Crippen LogP contribution >= 0.6 is 0 Å². The van der Waals surface area contributed by atoms with E-state index >= 15 is 0 Å². The molecule has 0 radical (unpaired) electrons. The van der Waals surface area contributed by atoms with Crippen LogP contribution in [-0.2, 0) is 23.7 Å². The third-order valence-corrected chi connectivity index (χ3v) is 4.04. The summed E-state index contributed by atoms with van der Waals surface area (Å²) in [5.74, 6) is -0.273. The topological polar surface area (TPSA) is 86.2 Å². The van der Waals surface area contributed by atoms with Gasteiger partial charge in [-0.1, -0.05) is 30.3 Å². The van der Waals surface area contributed by atoms with Gasteiger partial charge in [-0.15, -0.1) is 0 Å². The van der Waals surface area contributed by atoms with E-state index in [2.05, 4.69) is 5.32 Å². The van der Waals surface area contributed by atoms with E-state index in [-0.39, 0.29) is 12.5 Å². The summed E-state index contributed by atoms with van der Waals surface area (Å²) in [6.07, 6.45) is -3.36. The van der Waals surface area contributed by atoms with Gasteiger partial charge in [0.05, 0.1) is 6.61 Å². The largest absolute Gasteiger partial charge is 0.388 e. The highest BCUT2D eigenvalue weighted by atomic mass is 16.7. The molecule has 0 spiro atoms. The van der Waals surface area contributed by atoms with Crippen LogP contribution in [0.2, 0.25) is 0 Å². The number of ether oxygens (including phenoxy) is 4. The van der Waals surface area contributed by atoms with Gasteiger partial charge in [-0.3, -0.25) is 4.79 Å². The van der Waals surface area contributed by atoms with Gasteiger partial charge in [0.2, 0.25) is 5.91 Å². The molecule has 0 aromatic heterocycles. The molecule has 0 bridgehead atoms. The van der Waals surface area contributed by atoms with Crippen LogP contribution in [-0.4, -0.2) is 55.4 Å². The summed E-state index contributed by atoms with van der Waals surface area (Å²) in [5, 5.41) is 13.3. The first-order chi connectivity index (χ1) is 11.1. The Morgan fingerprint density at radius 3 is 2.70 bits per heavy atom. The van der Waals surface area contributed by atoms with Crippen molar-refractivity contribution < 1.29 is 28.8 Å². The van der Waals surface area contributed by atoms with Crippen LogP contribution in [0.4, 0.5) is 0 Å². The lowest BCUT2D eigenvalue weighted by Gasteiger charge is -2.47. The molecule has 0 saturated carbocycles. The number of fused-ring (bicyclic) bond motifs is 1. The predicted molar refractivity (Wildman–Crippen MR) is 79.3 cm³/mol. The fourth-order valence-corrected chi connectivity index (χ4v) is 2.96. The van der Waals surface area contributed by atoms with Crippen LogP contribution in [0.15, 0.2) is 30.3 Å². The van der Waals surface area contributed by atoms with Crippen molar-refractivity contribution in [2.75, 3.05) is 13.7 Å². The standard InChI is InChI=1S/C16H21NO6/c1-9(18)17-12-13(19)14-11(22-16(12)20-2)8-21-15(23-14)10-6-4-3-5-7-10/h3-7,11-16,19H,8H2,1-2H3,(H,17,18)/t11?,12-,13?,14+,15?,16?/m1/s1. The van der Waals surface area contributed by atoms with E-state index in [1.54, 1.807) is 0 Å². The zero-order valence-electron chi connectivity index (χ0n) is 13.0. The molecule has 6 atom stereocenters. The van der Waals surface area contributed by atoms with Crippen LogP contribution in [0.5, 0.6) is 0 Å². The van der Waals surface area contributed by atoms with Gasteiger partial charge >= 0.3 is 0 Å². The average molecular weight is 323 g/mol. The Kier molecular flexibility index (Phi) is 4.93. The smallest absolute Gasteiger partial charge is 0.217 e. The summed E-state index contributed by atoms with van der Waals surface area (Å²) in [5.41, 5.74) is 0.864. The molecule has 7 heteroatoms. The van der Waals surface area contributed by atoms with Gasteiger partial charge in [-0.05, 0) is 0 Å². The Labute approximate surface area is 134 Å². The monoisotopic (exact) mass is 323 g/mol. The van der Waals surface area contributed by atoms with E-state index in [1.165, 1.54) is 14.0 Å². The Morgan fingerprint density at radius 1 is 1.30 bits per heavy atom. The van der Waals surface area contributed by atoms with Gasteiger partial charge in [0, 0.05) is 19.6 Å². The van der Waals surface area contributed by atoms with Gasteiger partial charge < -0.3 is 29.4 Å². The van der Waals surface area contributed by atoms with Crippen molar-refractivity contribution in [3.63, 3.8) is 0 Å². The van der Waals surface area contributed by atoms with Crippen LogP contribution in [0.25, 0.3) is 0 Å². The zero-order valence-corrected chi connectivity index (χ0v) is 13.0.